The minimum Gasteiger partial charge on any atom is -0.497 e. The summed E-state index contributed by atoms with van der Waals surface area (Å²) in [6.07, 6.45) is 0. The lowest BCUT2D eigenvalue weighted by Gasteiger charge is -2.09. The van der Waals surface area contributed by atoms with Gasteiger partial charge in [-0.15, -0.1) is 10.2 Å². The van der Waals surface area contributed by atoms with Crippen molar-refractivity contribution in [2.24, 2.45) is 0 Å². The molecule has 2 heterocycles. The van der Waals surface area contributed by atoms with Crippen LogP contribution in [0.25, 0.3) is 16.7 Å². The molecule has 0 spiro atoms. The van der Waals surface area contributed by atoms with Crippen LogP contribution in [0.2, 0.25) is 0 Å². The number of aromatic nitrogens is 4. The first-order valence-electron chi connectivity index (χ1n) is 10.9. The van der Waals surface area contributed by atoms with Gasteiger partial charge in [0.05, 0.1) is 23.9 Å². The van der Waals surface area contributed by atoms with Gasteiger partial charge in [0.25, 0.3) is 11.1 Å². The van der Waals surface area contributed by atoms with Gasteiger partial charge in [0.1, 0.15) is 17.3 Å². The molecule has 5 rings (SSSR count). The molecule has 7 nitrogen and oxygen atoms in total. The van der Waals surface area contributed by atoms with E-state index < -0.39 is 0 Å². The summed E-state index contributed by atoms with van der Waals surface area (Å²) >= 11 is 1.45. The van der Waals surface area contributed by atoms with Crippen molar-refractivity contribution in [1.29, 1.82) is 0 Å². The molecule has 0 fully saturated rings. The Hall–Kier alpha value is -3.78. The molecule has 172 valence electrons. The Morgan fingerprint density at radius 1 is 0.971 bits per heavy atom. The lowest BCUT2D eigenvalue weighted by molar-refractivity contribution is 0.250. The SMILES string of the molecule is COc1ccc(-n2c(CSc3nnc(COc4cc(C)ccc4C)o3)nc3ccccc32)cc1. The van der Waals surface area contributed by atoms with Crippen LogP contribution in [0.5, 0.6) is 11.5 Å². The first kappa shape index (κ1) is 22.0. The second kappa shape index (κ2) is 9.61. The molecular formula is C26H24N4O3S. The third-order valence-corrected chi connectivity index (χ3v) is 6.24. The molecule has 0 aliphatic carbocycles. The average Bonchev–Trinajstić information content (AvgIpc) is 3.47. The third-order valence-electron chi connectivity index (χ3n) is 5.43. The van der Waals surface area contributed by atoms with Crippen molar-refractivity contribution < 1.29 is 13.9 Å². The van der Waals surface area contributed by atoms with E-state index in [2.05, 4.69) is 26.9 Å². The summed E-state index contributed by atoms with van der Waals surface area (Å²) in [6, 6.07) is 22.1. The standard InChI is InChI=1S/C26H24N4O3S/c1-17-8-9-18(2)23(14-17)32-15-25-28-29-26(33-25)34-16-24-27-21-6-4-5-7-22(21)30(24)19-10-12-20(31-3)13-11-19/h4-14H,15-16H2,1-3H3. The number of para-hydroxylation sites is 2. The fourth-order valence-corrected chi connectivity index (χ4v) is 4.38. The summed E-state index contributed by atoms with van der Waals surface area (Å²) in [5.41, 5.74) is 5.19. The van der Waals surface area contributed by atoms with E-state index in [-0.39, 0.29) is 6.61 Å². The largest absolute Gasteiger partial charge is 0.497 e. The number of aryl methyl sites for hydroxylation is 2. The van der Waals surface area contributed by atoms with Gasteiger partial charge in [-0.05, 0) is 67.4 Å². The molecule has 0 N–H and O–H groups in total. The van der Waals surface area contributed by atoms with Gasteiger partial charge >= 0.3 is 0 Å². The summed E-state index contributed by atoms with van der Waals surface area (Å²) in [6.45, 7) is 4.27. The number of benzene rings is 3. The summed E-state index contributed by atoms with van der Waals surface area (Å²) < 4.78 is 19.1. The summed E-state index contributed by atoms with van der Waals surface area (Å²) in [5, 5.41) is 8.79. The first-order valence-corrected chi connectivity index (χ1v) is 11.9. The van der Waals surface area contributed by atoms with Gasteiger partial charge in [0, 0.05) is 5.69 Å². The second-order valence-corrected chi connectivity index (χ2v) is 8.78. The Morgan fingerprint density at radius 3 is 2.62 bits per heavy atom. The Balaban J connectivity index is 1.32. The van der Waals surface area contributed by atoms with E-state index >= 15 is 0 Å². The van der Waals surface area contributed by atoms with Crippen molar-refractivity contribution in [3.05, 3.63) is 89.6 Å². The van der Waals surface area contributed by atoms with Crippen molar-refractivity contribution >= 4 is 22.8 Å². The smallest absolute Gasteiger partial charge is 0.277 e. The monoisotopic (exact) mass is 472 g/mol. The maximum Gasteiger partial charge on any atom is 0.277 e. The van der Waals surface area contributed by atoms with Crippen LogP contribution in [0, 0.1) is 13.8 Å². The van der Waals surface area contributed by atoms with Crippen LogP contribution in [0.4, 0.5) is 0 Å². The van der Waals surface area contributed by atoms with Crippen LogP contribution in [0.15, 0.2) is 76.4 Å². The van der Waals surface area contributed by atoms with Gasteiger partial charge in [-0.2, -0.15) is 0 Å². The molecule has 0 aliphatic heterocycles. The number of ether oxygens (including phenoxy) is 2. The molecule has 0 radical (unpaired) electrons. The summed E-state index contributed by atoms with van der Waals surface area (Å²) in [7, 11) is 1.66. The topological polar surface area (TPSA) is 75.2 Å². The Kier molecular flexibility index (Phi) is 6.22. The number of hydrogen-bond donors (Lipinski definition) is 0. The maximum atomic E-state index is 5.88. The highest BCUT2D eigenvalue weighted by Gasteiger charge is 2.15. The first-order chi connectivity index (χ1) is 16.6. The number of imidazole rings is 1. The molecule has 0 amide bonds. The highest BCUT2D eigenvalue weighted by atomic mass is 32.2. The molecule has 0 bridgehead atoms. The number of fused-ring (bicyclic) bond motifs is 1. The van der Waals surface area contributed by atoms with Gasteiger partial charge in [0.2, 0.25) is 0 Å². The van der Waals surface area contributed by atoms with E-state index in [1.165, 1.54) is 11.8 Å². The Bertz CT molecular complexity index is 1430. The molecule has 2 aromatic heterocycles. The van der Waals surface area contributed by atoms with Crippen molar-refractivity contribution in [3.63, 3.8) is 0 Å². The molecule has 8 heteroatoms. The molecule has 0 saturated heterocycles. The Labute approximate surface area is 201 Å². The highest BCUT2D eigenvalue weighted by Crippen LogP contribution is 2.28. The Morgan fingerprint density at radius 2 is 1.79 bits per heavy atom. The van der Waals surface area contributed by atoms with E-state index in [0.29, 0.717) is 16.9 Å². The van der Waals surface area contributed by atoms with Gasteiger partial charge < -0.3 is 13.9 Å². The zero-order valence-electron chi connectivity index (χ0n) is 19.2. The number of thioether (sulfide) groups is 1. The molecule has 5 aromatic rings. The fourth-order valence-electron chi connectivity index (χ4n) is 3.68. The predicted molar refractivity (Wildman–Crippen MR) is 132 cm³/mol. The minimum atomic E-state index is 0.224. The summed E-state index contributed by atoms with van der Waals surface area (Å²) in [5.74, 6) is 3.53. The number of nitrogens with zero attached hydrogens (tertiary/aromatic N) is 4. The number of methoxy groups -OCH3 is 1. The number of rotatable bonds is 8. The number of hydrogen-bond acceptors (Lipinski definition) is 7. The molecule has 0 saturated carbocycles. The van der Waals surface area contributed by atoms with Crippen molar-refractivity contribution in [2.75, 3.05) is 7.11 Å². The van der Waals surface area contributed by atoms with Crippen molar-refractivity contribution in [2.45, 2.75) is 31.4 Å². The van der Waals surface area contributed by atoms with E-state index in [9.17, 15) is 0 Å². The van der Waals surface area contributed by atoms with Crippen LogP contribution in [-0.4, -0.2) is 26.9 Å². The van der Waals surface area contributed by atoms with E-state index in [4.69, 9.17) is 18.9 Å². The summed E-state index contributed by atoms with van der Waals surface area (Å²) in [4.78, 5) is 4.84. The molecule has 0 atom stereocenters. The molecule has 34 heavy (non-hydrogen) atoms. The van der Waals surface area contributed by atoms with E-state index in [1.807, 2.05) is 68.4 Å². The second-order valence-electron chi connectivity index (χ2n) is 7.86. The average molecular weight is 473 g/mol. The third kappa shape index (κ3) is 4.63. The van der Waals surface area contributed by atoms with Crippen molar-refractivity contribution in [3.8, 4) is 17.2 Å². The van der Waals surface area contributed by atoms with Crippen LogP contribution in [-0.2, 0) is 12.4 Å². The highest BCUT2D eigenvalue weighted by molar-refractivity contribution is 7.98. The van der Waals surface area contributed by atoms with Gasteiger partial charge in [-0.3, -0.25) is 4.57 Å². The molecule has 0 aliphatic rings. The van der Waals surface area contributed by atoms with Crippen LogP contribution in [0.3, 0.4) is 0 Å². The molecular weight excluding hydrogens is 448 g/mol. The van der Waals surface area contributed by atoms with E-state index in [0.717, 1.165) is 45.2 Å². The normalized spacial score (nSPS) is 11.1. The quantitative estimate of drug-likeness (QED) is 0.260. The molecule has 0 unspecified atom stereocenters. The van der Waals surface area contributed by atoms with Crippen LogP contribution in [0.1, 0.15) is 22.8 Å². The van der Waals surface area contributed by atoms with Crippen molar-refractivity contribution in [1.82, 2.24) is 19.7 Å². The van der Waals surface area contributed by atoms with E-state index in [1.54, 1.807) is 7.11 Å². The van der Waals surface area contributed by atoms with Gasteiger partial charge in [0.15, 0.2) is 6.61 Å². The van der Waals surface area contributed by atoms with Crippen LogP contribution >= 0.6 is 11.8 Å². The minimum absolute atomic E-state index is 0.224. The zero-order chi connectivity index (χ0) is 23.5. The fraction of sp³-hybridized carbons (Fsp3) is 0.192. The van der Waals surface area contributed by atoms with Gasteiger partial charge in [-0.25, -0.2) is 4.98 Å². The van der Waals surface area contributed by atoms with Crippen LogP contribution < -0.4 is 9.47 Å². The maximum absolute atomic E-state index is 5.88. The predicted octanol–water partition coefficient (Wildman–Crippen LogP) is 5.91. The lowest BCUT2D eigenvalue weighted by atomic mass is 10.1. The lowest BCUT2D eigenvalue weighted by Crippen LogP contribution is -2.00. The zero-order valence-corrected chi connectivity index (χ0v) is 20.0. The van der Waals surface area contributed by atoms with Gasteiger partial charge in [-0.1, -0.05) is 36.0 Å². The molecule has 3 aromatic carbocycles.